The maximum Gasteiger partial charge on any atom is 0.407 e. The van der Waals surface area contributed by atoms with Crippen molar-refractivity contribution in [1.82, 2.24) is 15.2 Å². The van der Waals surface area contributed by atoms with Crippen molar-refractivity contribution in [2.45, 2.75) is 12.8 Å². The number of hydrogen-bond donors (Lipinski definition) is 3. The number of halogens is 1. The highest BCUT2D eigenvalue weighted by Gasteiger charge is 2.27. The Morgan fingerprint density at radius 2 is 2.00 bits per heavy atom. The van der Waals surface area contributed by atoms with E-state index in [2.05, 4.69) is 20.6 Å². The number of pyridine rings is 1. The van der Waals surface area contributed by atoms with Crippen molar-refractivity contribution >= 4 is 74.8 Å². The molecule has 5 rings (SSSR count). The van der Waals surface area contributed by atoms with Gasteiger partial charge < -0.3 is 20.6 Å². The number of amides is 3. The van der Waals surface area contributed by atoms with Crippen molar-refractivity contribution in [3.63, 3.8) is 0 Å². The van der Waals surface area contributed by atoms with Crippen LogP contribution >= 0.6 is 23.4 Å². The van der Waals surface area contributed by atoms with E-state index < -0.39 is 6.09 Å². The fourth-order valence-corrected chi connectivity index (χ4v) is 5.17. The molecule has 3 aromatic rings. The number of aliphatic imine (C=N–C) groups is 1. The van der Waals surface area contributed by atoms with Crippen molar-refractivity contribution in [1.29, 1.82) is 0 Å². The first-order chi connectivity index (χ1) is 17.9. The molecule has 3 amide bonds. The molecule has 2 aliphatic heterocycles. The van der Waals surface area contributed by atoms with E-state index in [4.69, 9.17) is 16.7 Å². The minimum absolute atomic E-state index is 0.176. The number of thioether (sulfide) groups is 1. The summed E-state index contributed by atoms with van der Waals surface area (Å²) in [6.45, 7) is 0.658. The largest absolute Gasteiger partial charge is 0.465 e. The Hall–Kier alpha value is -3.89. The van der Waals surface area contributed by atoms with Gasteiger partial charge in [-0.3, -0.25) is 14.6 Å². The third-order valence-corrected chi connectivity index (χ3v) is 7.38. The van der Waals surface area contributed by atoms with Crippen LogP contribution in [0.15, 0.2) is 64.6 Å². The summed E-state index contributed by atoms with van der Waals surface area (Å²) in [7, 11) is 0. The normalized spacial score (nSPS) is 18.4. The second kappa shape index (κ2) is 10.6. The van der Waals surface area contributed by atoms with Gasteiger partial charge in [0.05, 0.1) is 21.1 Å². The molecule has 0 radical (unpaired) electrons. The first-order valence-corrected chi connectivity index (χ1v) is 12.8. The van der Waals surface area contributed by atoms with Crippen LogP contribution in [-0.4, -0.2) is 51.2 Å². The van der Waals surface area contributed by atoms with Gasteiger partial charge in [0, 0.05) is 36.3 Å². The summed E-state index contributed by atoms with van der Waals surface area (Å²) in [4.78, 5) is 47.0. The number of hydrogen-bond acceptors (Lipinski definition) is 6. The Bertz CT molecular complexity index is 1470. The minimum atomic E-state index is -0.968. The van der Waals surface area contributed by atoms with Gasteiger partial charge in [-0.2, -0.15) is 0 Å². The standard InChI is InChI=1S/C26H22ClN5O4S/c27-19-5-4-18(29-23(33)16-7-10-32(11-8-16)26(35)36)14-21(19)30-25-31-24(34)22(37-25)13-15-3-6-20-17(12-15)2-1-9-28-20/h1-6,9,12-14,16H,7-8,10-11H2,(H,29,33)(H,35,36)(H,30,31,34). The molecular weight excluding hydrogens is 514 g/mol. The smallest absolute Gasteiger partial charge is 0.407 e. The average molecular weight is 536 g/mol. The number of benzene rings is 2. The van der Waals surface area contributed by atoms with E-state index in [1.165, 1.54) is 16.7 Å². The van der Waals surface area contributed by atoms with Crippen LogP contribution in [0.2, 0.25) is 5.02 Å². The maximum atomic E-state index is 12.7. The number of carbonyl (C=O) groups excluding carboxylic acids is 2. The first kappa shape index (κ1) is 24.8. The summed E-state index contributed by atoms with van der Waals surface area (Å²) in [5.41, 5.74) is 2.67. The van der Waals surface area contributed by atoms with Gasteiger partial charge in [0.1, 0.15) is 0 Å². The molecule has 0 atom stereocenters. The highest BCUT2D eigenvalue weighted by molar-refractivity contribution is 8.18. The molecule has 0 bridgehead atoms. The quantitative estimate of drug-likeness (QED) is 0.399. The Morgan fingerprint density at radius 1 is 1.19 bits per heavy atom. The lowest BCUT2D eigenvalue weighted by Gasteiger charge is -2.29. The molecule has 2 saturated heterocycles. The Labute approximate surface area is 221 Å². The summed E-state index contributed by atoms with van der Waals surface area (Å²) >= 11 is 7.54. The molecular formula is C26H22ClN5O4S. The van der Waals surface area contributed by atoms with Crippen molar-refractivity contribution in [2.24, 2.45) is 10.9 Å². The molecule has 2 aromatic carbocycles. The van der Waals surface area contributed by atoms with Crippen LogP contribution in [0.4, 0.5) is 16.2 Å². The maximum absolute atomic E-state index is 12.7. The zero-order chi connectivity index (χ0) is 25.9. The first-order valence-electron chi connectivity index (χ1n) is 11.6. The van der Waals surface area contributed by atoms with Crippen LogP contribution in [0, 0.1) is 5.92 Å². The summed E-state index contributed by atoms with van der Waals surface area (Å²) in [5.74, 6) is -0.710. The molecule has 0 unspecified atom stereocenters. The highest BCUT2D eigenvalue weighted by atomic mass is 35.5. The van der Waals surface area contributed by atoms with Crippen LogP contribution in [0.25, 0.3) is 17.0 Å². The number of carboxylic acid groups (broad SMARTS) is 1. The van der Waals surface area contributed by atoms with Gasteiger partial charge in [-0.05, 0) is 72.6 Å². The van der Waals surface area contributed by atoms with E-state index in [1.54, 1.807) is 30.5 Å². The molecule has 0 aliphatic carbocycles. The number of nitrogens with zero attached hydrogens (tertiary/aromatic N) is 3. The van der Waals surface area contributed by atoms with Gasteiger partial charge in [0.25, 0.3) is 5.91 Å². The molecule has 0 saturated carbocycles. The zero-order valence-electron chi connectivity index (χ0n) is 19.5. The molecule has 1 aromatic heterocycles. The van der Waals surface area contributed by atoms with Gasteiger partial charge in [-0.15, -0.1) is 0 Å². The van der Waals surface area contributed by atoms with Gasteiger partial charge in [-0.25, -0.2) is 9.79 Å². The predicted octanol–water partition coefficient (Wildman–Crippen LogP) is 5.11. The number of amidine groups is 1. The molecule has 11 heteroatoms. The second-order valence-electron chi connectivity index (χ2n) is 8.64. The topological polar surface area (TPSA) is 124 Å². The number of aromatic nitrogens is 1. The molecule has 3 heterocycles. The van der Waals surface area contributed by atoms with Crippen LogP contribution in [0.1, 0.15) is 18.4 Å². The number of carbonyl (C=O) groups is 3. The van der Waals surface area contributed by atoms with Crippen molar-refractivity contribution in [3.05, 3.63) is 70.2 Å². The lowest BCUT2D eigenvalue weighted by molar-refractivity contribution is -0.121. The van der Waals surface area contributed by atoms with Gasteiger partial charge in [0.2, 0.25) is 5.91 Å². The molecule has 2 fully saturated rings. The van der Waals surface area contributed by atoms with Gasteiger partial charge in [-0.1, -0.05) is 23.7 Å². The summed E-state index contributed by atoms with van der Waals surface area (Å²) in [6, 6.07) is 14.6. The third kappa shape index (κ3) is 5.76. The number of likely N-dealkylation sites (tertiary alicyclic amines) is 1. The van der Waals surface area contributed by atoms with Gasteiger partial charge in [0.15, 0.2) is 5.17 Å². The number of nitrogens with one attached hydrogen (secondary N) is 2. The van der Waals surface area contributed by atoms with E-state index in [0.717, 1.165) is 16.5 Å². The fraction of sp³-hybridized carbons (Fsp3) is 0.192. The third-order valence-electron chi connectivity index (χ3n) is 6.15. The number of fused-ring (bicyclic) bond motifs is 1. The van der Waals surface area contributed by atoms with E-state index in [1.807, 2.05) is 30.3 Å². The van der Waals surface area contributed by atoms with Crippen molar-refractivity contribution in [3.8, 4) is 0 Å². The number of piperidine rings is 1. The van der Waals surface area contributed by atoms with Crippen LogP contribution < -0.4 is 10.6 Å². The number of rotatable bonds is 4. The Kier molecular flexibility index (Phi) is 7.11. The fourth-order valence-electron chi connectivity index (χ4n) is 4.18. The molecule has 3 N–H and O–H groups in total. The molecule has 188 valence electrons. The van der Waals surface area contributed by atoms with Gasteiger partial charge >= 0.3 is 6.09 Å². The lowest BCUT2D eigenvalue weighted by Crippen LogP contribution is -2.40. The zero-order valence-corrected chi connectivity index (χ0v) is 21.1. The average Bonchev–Trinajstić information content (AvgIpc) is 3.24. The number of anilines is 1. The van der Waals surface area contributed by atoms with E-state index in [9.17, 15) is 14.4 Å². The summed E-state index contributed by atoms with van der Waals surface area (Å²) in [5, 5.41) is 16.4. The Morgan fingerprint density at radius 3 is 2.78 bits per heavy atom. The monoisotopic (exact) mass is 535 g/mol. The predicted molar refractivity (Wildman–Crippen MR) is 145 cm³/mol. The molecule has 37 heavy (non-hydrogen) atoms. The highest BCUT2D eigenvalue weighted by Crippen LogP contribution is 2.33. The summed E-state index contributed by atoms with van der Waals surface area (Å²) in [6.07, 6.45) is 3.49. The minimum Gasteiger partial charge on any atom is -0.465 e. The SMILES string of the molecule is O=C1NC(=Nc2cc(NC(=O)C3CCN(C(=O)O)CC3)ccc2Cl)SC1=Cc1ccc2ncccc2c1. The van der Waals surface area contributed by atoms with E-state index >= 15 is 0 Å². The lowest BCUT2D eigenvalue weighted by atomic mass is 9.96. The Balaban J connectivity index is 1.28. The second-order valence-corrected chi connectivity index (χ2v) is 10.1. The van der Waals surface area contributed by atoms with Crippen LogP contribution in [-0.2, 0) is 9.59 Å². The van der Waals surface area contributed by atoms with Crippen molar-refractivity contribution < 1.29 is 19.5 Å². The van der Waals surface area contributed by atoms with E-state index in [0.29, 0.717) is 52.4 Å². The molecule has 2 aliphatic rings. The van der Waals surface area contributed by atoms with Crippen LogP contribution in [0.3, 0.4) is 0 Å². The molecule has 9 nitrogen and oxygen atoms in total. The summed E-state index contributed by atoms with van der Waals surface area (Å²) < 4.78 is 0. The van der Waals surface area contributed by atoms with Crippen molar-refractivity contribution in [2.75, 3.05) is 18.4 Å². The molecule has 0 spiro atoms. The van der Waals surface area contributed by atoms with E-state index in [-0.39, 0.29) is 17.7 Å². The van der Waals surface area contributed by atoms with Crippen LogP contribution in [0.5, 0.6) is 0 Å².